The van der Waals surface area contributed by atoms with Gasteiger partial charge in [-0.25, -0.2) is 0 Å². The van der Waals surface area contributed by atoms with Gasteiger partial charge in [0.05, 0.1) is 7.11 Å². The van der Waals surface area contributed by atoms with Gasteiger partial charge < -0.3 is 24.4 Å². The van der Waals surface area contributed by atoms with Crippen molar-refractivity contribution in [2.24, 2.45) is 5.92 Å². The topological polar surface area (TPSA) is 68.9 Å². The molecule has 0 aliphatic heterocycles. The lowest BCUT2D eigenvalue weighted by atomic mass is 10.1. The normalized spacial score (nSPS) is 11.1. The molecule has 4 aromatic rings. The van der Waals surface area contributed by atoms with E-state index in [9.17, 15) is 9.59 Å². The van der Waals surface area contributed by atoms with Gasteiger partial charge in [-0.15, -0.1) is 0 Å². The zero-order valence-corrected chi connectivity index (χ0v) is 24.2. The number of nitrogens with zero attached hydrogens (tertiary/aromatic N) is 3. The molecule has 0 aliphatic rings. The highest BCUT2D eigenvalue weighted by Gasteiger charge is 2.24. The maximum absolute atomic E-state index is 13.9. The van der Waals surface area contributed by atoms with Crippen LogP contribution >= 0.6 is 0 Å². The fourth-order valence-corrected chi connectivity index (χ4v) is 4.85. The van der Waals surface area contributed by atoms with E-state index in [-0.39, 0.29) is 24.3 Å². The number of amides is 2. The maximum atomic E-state index is 13.9. The van der Waals surface area contributed by atoms with Gasteiger partial charge in [0.1, 0.15) is 12.3 Å². The number of para-hydroxylation sites is 1. The highest BCUT2D eigenvalue weighted by atomic mass is 16.5. The van der Waals surface area contributed by atoms with Crippen LogP contribution in [0.2, 0.25) is 0 Å². The van der Waals surface area contributed by atoms with Crippen LogP contribution in [0, 0.1) is 5.92 Å². The Hall–Kier alpha value is -4.26. The molecule has 0 unspecified atom stereocenters. The molecule has 2 amide bonds. The van der Waals surface area contributed by atoms with Crippen molar-refractivity contribution < 1.29 is 14.3 Å². The molecule has 40 heavy (non-hydrogen) atoms. The Kier molecular flexibility index (Phi) is 9.48. The van der Waals surface area contributed by atoms with Gasteiger partial charge in [-0.05, 0) is 65.9 Å². The van der Waals surface area contributed by atoms with E-state index >= 15 is 0 Å². The van der Waals surface area contributed by atoms with Gasteiger partial charge >= 0.3 is 0 Å². The molecule has 0 saturated heterocycles. The van der Waals surface area contributed by atoms with E-state index in [1.807, 2.05) is 37.3 Å². The molecule has 1 heterocycles. The quantitative estimate of drug-likeness (QED) is 0.254. The lowest BCUT2D eigenvalue weighted by molar-refractivity contribution is -0.132. The van der Waals surface area contributed by atoms with Crippen LogP contribution in [-0.4, -0.2) is 67.4 Å². The van der Waals surface area contributed by atoms with Crippen molar-refractivity contribution in [2.45, 2.75) is 26.8 Å². The van der Waals surface area contributed by atoms with Crippen LogP contribution in [0.15, 0.2) is 79.0 Å². The van der Waals surface area contributed by atoms with Crippen molar-refractivity contribution in [1.82, 2.24) is 14.8 Å². The minimum Gasteiger partial charge on any atom is -0.497 e. The highest BCUT2D eigenvalue weighted by Crippen LogP contribution is 2.20. The molecule has 0 aliphatic carbocycles. The zero-order chi connectivity index (χ0) is 28.6. The second kappa shape index (κ2) is 13.2. The summed E-state index contributed by atoms with van der Waals surface area (Å²) in [6.07, 6.45) is 2.74. The first-order valence-electron chi connectivity index (χ1n) is 13.8. The lowest BCUT2D eigenvalue weighted by Gasteiger charge is -2.29. The number of carbonyl (C=O) groups excluding carboxylic acids is 2. The Morgan fingerprint density at radius 1 is 0.900 bits per heavy atom. The second-order valence-corrected chi connectivity index (χ2v) is 10.8. The number of methoxy groups -OCH3 is 1. The monoisotopic (exact) mass is 540 g/mol. The van der Waals surface area contributed by atoms with Crippen molar-refractivity contribution in [3.63, 3.8) is 0 Å². The Balaban J connectivity index is 1.55. The number of rotatable bonds is 12. The van der Waals surface area contributed by atoms with Gasteiger partial charge in [0.25, 0.3) is 5.91 Å². The third-order valence-corrected chi connectivity index (χ3v) is 7.04. The number of H-pyrrole nitrogens is 1. The van der Waals surface area contributed by atoms with Crippen LogP contribution in [0.5, 0.6) is 5.75 Å². The first-order valence-corrected chi connectivity index (χ1v) is 13.8. The highest BCUT2D eigenvalue weighted by molar-refractivity contribution is 5.96. The zero-order valence-electron chi connectivity index (χ0n) is 24.2. The number of anilines is 1. The van der Waals surface area contributed by atoms with Crippen LogP contribution < -0.4 is 9.64 Å². The average Bonchev–Trinajstić information content (AvgIpc) is 3.37. The van der Waals surface area contributed by atoms with Crippen LogP contribution in [0.1, 0.15) is 35.3 Å². The molecule has 0 spiro atoms. The van der Waals surface area contributed by atoms with Crippen molar-refractivity contribution in [2.75, 3.05) is 45.7 Å². The number of carbonyl (C=O) groups is 2. The first-order chi connectivity index (χ1) is 19.2. The molecule has 1 aromatic heterocycles. The number of hydrogen-bond acceptors (Lipinski definition) is 4. The Bertz CT molecular complexity index is 1410. The van der Waals surface area contributed by atoms with E-state index < -0.39 is 0 Å². The van der Waals surface area contributed by atoms with Crippen molar-refractivity contribution >= 4 is 28.4 Å². The SMILES string of the molecule is COc1ccc(C(=O)N(CC(=O)N(CCc2c[nH]c3ccccc23)Cc2ccc(N(C)C)cc2)CC(C)C)cc1. The summed E-state index contributed by atoms with van der Waals surface area (Å²) in [6.45, 7) is 5.64. The smallest absolute Gasteiger partial charge is 0.254 e. The molecule has 1 N–H and O–H groups in total. The van der Waals surface area contributed by atoms with E-state index in [2.05, 4.69) is 60.1 Å². The molecule has 3 aromatic carbocycles. The van der Waals surface area contributed by atoms with E-state index in [0.29, 0.717) is 37.4 Å². The molecular formula is C33H40N4O3. The van der Waals surface area contributed by atoms with Crippen LogP contribution in [0.4, 0.5) is 5.69 Å². The Labute approximate surface area is 237 Å². The summed E-state index contributed by atoms with van der Waals surface area (Å²) in [6, 6.07) is 23.5. The minimum atomic E-state index is -0.156. The van der Waals surface area contributed by atoms with Crippen molar-refractivity contribution in [1.29, 1.82) is 0 Å². The van der Waals surface area contributed by atoms with Crippen LogP contribution in [0.3, 0.4) is 0 Å². The van der Waals surface area contributed by atoms with E-state index in [1.165, 1.54) is 10.9 Å². The number of ether oxygens (including phenoxy) is 1. The fourth-order valence-electron chi connectivity index (χ4n) is 4.85. The molecule has 7 nitrogen and oxygen atoms in total. The number of nitrogens with one attached hydrogen (secondary N) is 1. The van der Waals surface area contributed by atoms with E-state index in [0.717, 1.165) is 16.8 Å². The lowest BCUT2D eigenvalue weighted by Crippen LogP contribution is -2.44. The van der Waals surface area contributed by atoms with Gasteiger partial charge in [0.2, 0.25) is 5.91 Å². The predicted molar refractivity (Wildman–Crippen MR) is 162 cm³/mol. The molecule has 210 valence electrons. The standard InChI is InChI=1S/C33H40N4O3/c1-24(2)21-37(33(39)26-12-16-29(40-5)17-13-26)23-32(38)36(22-25-10-14-28(15-11-25)35(3)4)19-18-27-20-34-31-9-7-6-8-30(27)31/h6-17,20,24,34H,18-19,21-23H2,1-5H3. The number of fused-ring (bicyclic) bond motifs is 1. The fraction of sp³-hybridized carbons (Fsp3) is 0.333. The third kappa shape index (κ3) is 7.23. The number of aromatic amines is 1. The van der Waals surface area contributed by atoms with E-state index in [1.54, 1.807) is 36.3 Å². The molecule has 0 radical (unpaired) electrons. The van der Waals surface area contributed by atoms with Gasteiger partial charge in [-0.3, -0.25) is 9.59 Å². The van der Waals surface area contributed by atoms with Crippen LogP contribution in [-0.2, 0) is 17.8 Å². The van der Waals surface area contributed by atoms with Gasteiger partial charge in [-0.2, -0.15) is 0 Å². The summed E-state index contributed by atoms with van der Waals surface area (Å²) >= 11 is 0. The molecule has 7 heteroatoms. The molecule has 4 rings (SSSR count). The predicted octanol–water partition coefficient (Wildman–Crippen LogP) is 5.61. The number of hydrogen-bond donors (Lipinski definition) is 1. The second-order valence-electron chi connectivity index (χ2n) is 10.8. The molecule has 0 fully saturated rings. The van der Waals surface area contributed by atoms with Gasteiger partial charge in [0.15, 0.2) is 0 Å². The summed E-state index contributed by atoms with van der Waals surface area (Å²) < 4.78 is 5.24. The molecule has 0 saturated carbocycles. The molecular weight excluding hydrogens is 500 g/mol. The van der Waals surface area contributed by atoms with Gasteiger partial charge in [-0.1, -0.05) is 44.2 Å². The molecule has 0 atom stereocenters. The summed E-state index contributed by atoms with van der Waals surface area (Å²) in [5.41, 5.74) is 4.95. The van der Waals surface area contributed by atoms with Crippen LogP contribution in [0.25, 0.3) is 10.9 Å². The largest absolute Gasteiger partial charge is 0.497 e. The summed E-state index contributed by atoms with van der Waals surface area (Å²) in [5.74, 6) is 0.677. The Morgan fingerprint density at radius 2 is 1.60 bits per heavy atom. The number of benzene rings is 3. The first kappa shape index (κ1) is 28.7. The maximum Gasteiger partial charge on any atom is 0.254 e. The average molecular weight is 541 g/mol. The van der Waals surface area contributed by atoms with Crippen molar-refractivity contribution in [3.05, 3.63) is 95.7 Å². The Morgan fingerprint density at radius 3 is 2.25 bits per heavy atom. The van der Waals surface area contributed by atoms with E-state index in [4.69, 9.17) is 4.74 Å². The minimum absolute atomic E-state index is 0.0205. The summed E-state index contributed by atoms with van der Waals surface area (Å²) in [5, 5.41) is 1.17. The van der Waals surface area contributed by atoms with Gasteiger partial charge in [0, 0.05) is 62.1 Å². The number of aromatic nitrogens is 1. The molecule has 0 bridgehead atoms. The summed E-state index contributed by atoms with van der Waals surface area (Å²) in [7, 11) is 5.61. The van der Waals surface area contributed by atoms with Crippen molar-refractivity contribution in [3.8, 4) is 5.75 Å². The third-order valence-electron chi connectivity index (χ3n) is 7.04. The summed E-state index contributed by atoms with van der Waals surface area (Å²) in [4.78, 5) is 36.3.